The molecular weight excluding hydrogens is 552 g/mol. The monoisotopic (exact) mass is 590 g/mol. The molecule has 2 saturated heterocycles. The van der Waals surface area contributed by atoms with Crippen LogP contribution in [0.4, 0.5) is 4.79 Å². The fraction of sp³-hybridized carbons (Fsp3) is 0.571. The summed E-state index contributed by atoms with van der Waals surface area (Å²) in [4.78, 5) is 79.0. The maximum absolute atomic E-state index is 13.7. The molecule has 1 aromatic carbocycles. The zero-order valence-electron chi connectivity index (χ0n) is 23.9. The zero-order chi connectivity index (χ0) is 30.8. The third-order valence-electron chi connectivity index (χ3n) is 7.15. The Bertz CT molecular complexity index is 1140. The van der Waals surface area contributed by atoms with Gasteiger partial charge >= 0.3 is 18.0 Å². The number of aliphatic hydroxyl groups excluding tert-OH is 1. The summed E-state index contributed by atoms with van der Waals surface area (Å²) in [6.45, 7) is 2.46. The highest BCUT2D eigenvalue weighted by Crippen LogP contribution is 2.26. The second kappa shape index (κ2) is 15.1. The number of nitrogens with zero attached hydrogens (tertiary/aromatic N) is 2. The number of methoxy groups -OCH3 is 1. The number of hydrogen-bond donors (Lipinski definition) is 3. The van der Waals surface area contributed by atoms with Crippen LogP contribution in [0.5, 0.6) is 0 Å². The lowest BCUT2D eigenvalue weighted by molar-refractivity contribution is -0.151. The molecule has 2 fully saturated rings. The summed E-state index contributed by atoms with van der Waals surface area (Å²) in [5, 5.41) is 14.8. The van der Waals surface area contributed by atoms with Crippen LogP contribution in [0.3, 0.4) is 0 Å². The number of rotatable bonds is 11. The van der Waals surface area contributed by atoms with Crippen molar-refractivity contribution in [2.45, 2.75) is 76.4 Å². The molecule has 3 rings (SSSR count). The number of amides is 4. The fourth-order valence-corrected chi connectivity index (χ4v) is 5.02. The Kier molecular flexibility index (Phi) is 11.7. The molecule has 14 heteroatoms. The third kappa shape index (κ3) is 8.41. The zero-order valence-corrected chi connectivity index (χ0v) is 23.9. The highest BCUT2D eigenvalue weighted by molar-refractivity contribution is 5.95. The fourth-order valence-electron chi connectivity index (χ4n) is 5.02. The molecule has 1 aromatic rings. The van der Waals surface area contributed by atoms with Gasteiger partial charge in [0.05, 0.1) is 13.2 Å². The molecular formula is C28H38N4O10. The van der Waals surface area contributed by atoms with Crippen molar-refractivity contribution in [3.63, 3.8) is 0 Å². The summed E-state index contributed by atoms with van der Waals surface area (Å²) >= 11 is 0. The van der Waals surface area contributed by atoms with E-state index in [1.807, 2.05) is 6.07 Å². The van der Waals surface area contributed by atoms with E-state index in [-0.39, 0.29) is 19.7 Å². The van der Waals surface area contributed by atoms with Gasteiger partial charge in [0.2, 0.25) is 17.7 Å². The van der Waals surface area contributed by atoms with Crippen LogP contribution in [-0.4, -0.2) is 108 Å². The van der Waals surface area contributed by atoms with Gasteiger partial charge in [0.1, 0.15) is 31.3 Å². The van der Waals surface area contributed by atoms with Gasteiger partial charge in [0.15, 0.2) is 6.04 Å². The molecule has 0 aliphatic carbocycles. The van der Waals surface area contributed by atoms with Crippen LogP contribution in [0.1, 0.15) is 45.1 Å². The van der Waals surface area contributed by atoms with E-state index in [0.717, 1.165) is 19.6 Å². The van der Waals surface area contributed by atoms with Gasteiger partial charge in [-0.2, -0.15) is 0 Å². The number of alkyl carbamates (subject to hydrolysis) is 1. The number of likely N-dealkylation sites (tertiary alicyclic amines) is 2. The smallest absolute Gasteiger partial charge is 0.408 e. The van der Waals surface area contributed by atoms with Crippen molar-refractivity contribution < 1.29 is 48.1 Å². The average molecular weight is 591 g/mol. The van der Waals surface area contributed by atoms with Gasteiger partial charge in [0, 0.05) is 20.0 Å². The van der Waals surface area contributed by atoms with Gasteiger partial charge in [-0.05, 0) is 38.2 Å². The van der Waals surface area contributed by atoms with Gasteiger partial charge in [-0.15, -0.1) is 0 Å². The van der Waals surface area contributed by atoms with Crippen LogP contribution in [0.25, 0.3) is 0 Å². The van der Waals surface area contributed by atoms with E-state index >= 15 is 0 Å². The number of ether oxygens (including phenoxy) is 3. The molecule has 2 heterocycles. The van der Waals surface area contributed by atoms with Crippen molar-refractivity contribution in [1.29, 1.82) is 0 Å². The normalized spacial score (nSPS) is 20.2. The largest absolute Gasteiger partial charge is 0.467 e. The minimum Gasteiger partial charge on any atom is -0.467 e. The summed E-state index contributed by atoms with van der Waals surface area (Å²) < 4.78 is 14.9. The van der Waals surface area contributed by atoms with Crippen LogP contribution in [0, 0.1) is 0 Å². The van der Waals surface area contributed by atoms with E-state index in [1.165, 1.54) is 16.7 Å². The number of carbonyl (C=O) groups is 6. The number of aliphatic hydroxyl groups is 1. The van der Waals surface area contributed by atoms with Gasteiger partial charge in [-0.3, -0.25) is 19.2 Å². The molecule has 5 atom stereocenters. The van der Waals surface area contributed by atoms with Crippen LogP contribution in [0.15, 0.2) is 30.3 Å². The Morgan fingerprint density at radius 2 is 1.60 bits per heavy atom. The van der Waals surface area contributed by atoms with Crippen molar-refractivity contribution in [2.75, 3.05) is 26.8 Å². The molecule has 0 spiro atoms. The second-order valence-corrected chi connectivity index (χ2v) is 10.2. The SMILES string of the molecule is COC(=O)[C@@H](NC(=O)[C@@H]1CCCN1C(=O)[C@@H]1CCCN1C(=O)[C@H](COC(C)=O)NC(=O)OCc1ccccc1)[C@@H](C)O. The first-order chi connectivity index (χ1) is 20.0. The topological polar surface area (TPSA) is 181 Å². The lowest BCUT2D eigenvalue weighted by atomic mass is 10.1. The predicted molar refractivity (Wildman–Crippen MR) is 145 cm³/mol. The molecule has 0 radical (unpaired) electrons. The quantitative estimate of drug-likeness (QED) is 0.232. The third-order valence-corrected chi connectivity index (χ3v) is 7.15. The summed E-state index contributed by atoms with van der Waals surface area (Å²) in [6, 6.07) is 4.47. The predicted octanol–water partition coefficient (Wildman–Crippen LogP) is -0.135. The van der Waals surface area contributed by atoms with Gasteiger partial charge in [-0.1, -0.05) is 30.3 Å². The van der Waals surface area contributed by atoms with Crippen LogP contribution >= 0.6 is 0 Å². The highest BCUT2D eigenvalue weighted by atomic mass is 16.6. The number of carbonyl (C=O) groups excluding carboxylic acids is 6. The van der Waals surface area contributed by atoms with Gasteiger partial charge in [0.25, 0.3) is 0 Å². The maximum atomic E-state index is 13.7. The number of hydrogen-bond acceptors (Lipinski definition) is 10. The van der Waals surface area contributed by atoms with E-state index in [4.69, 9.17) is 9.47 Å². The Balaban J connectivity index is 1.69. The lowest BCUT2D eigenvalue weighted by Crippen LogP contribution is -2.58. The summed E-state index contributed by atoms with van der Waals surface area (Å²) in [7, 11) is 1.13. The van der Waals surface area contributed by atoms with Crippen LogP contribution in [-0.2, 0) is 44.8 Å². The Morgan fingerprint density at radius 1 is 0.952 bits per heavy atom. The maximum Gasteiger partial charge on any atom is 0.408 e. The molecule has 0 unspecified atom stereocenters. The Morgan fingerprint density at radius 3 is 2.21 bits per heavy atom. The first-order valence-electron chi connectivity index (χ1n) is 13.8. The molecule has 4 amide bonds. The molecule has 2 aliphatic rings. The van der Waals surface area contributed by atoms with Crippen molar-refractivity contribution in [1.82, 2.24) is 20.4 Å². The molecule has 14 nitrogen and oxygen atoms in total. The van der Waals surface area contributed by atoms with Gasteiger partial charge in [-0.25, -0.2) is 9.59 Å². The summed E-state index contributed by atoms with van der Waals surface area (Å²) in [5.41, 5.74) is 0.733. The minimum atomic E-state index is -1.31. The number of esters is 2. The number of benzene rings is 1. The van der Waals surface area contributed by atoms with Gasteiger partial charge < -0.3 is 39.8 Å². The lowest BCUT2D eigenvalue weighted by Gasteiger charge is -2.33. The summed E-state index contributed by atoms with van der Waals surface area (Å²) in [6.07, 6.45) is -0.455. The van der Waals surface area contributed by atoms with E-state index in [2.05, 4.69) is 15.4 Å². The van der Waals surface area contributed by atoms with E-state index in [9.17, 15) is 33.9 Å². The van der Waals surface area contributed by atoms with E-state index < -0.39 is 72.6 Å². The minimum absolute atomic E-state index is 0.0454. The molecule has 0 bridgehead atoms. The van der Waals surface area contributed by atoms with Crippen molar-refractivity contribution in [2.24, 2.45) is 0 Å². The standard InChI is InChI=1S/C28H38N4O10/c1-17(33)23(27(38)40-3)30-24(35)21-11-7-13-31(21)26(37)22-12-8-14-32(22)25(36)20(16-41-18(2)34)29-28(39)42-15-19-9-5-4-6-10-19/h4-6,9-10,17,20-23,33H,7-8,11-16H2,1-3H3,(H,29,39)(H,30,35)/t17-,20+,21+,22+,23+/m1/s1. The van der Waals surface area contributed by atoms with Crippen LogP contribution < -0.4 is 10.6 Å². The molecule has 0 saturated carbocycles. The van der Waals surface area contributed by atoms with E-state index in [0.29, 0.717) is 25.7 Å². The van der Waals surface area contributed by atoms with Crippen LogP contribution in [0.2, 0.25) is 0 Å². The molecule has 0 aromatic heterocycles. The Hall–Kier alpha value is -4.20. The van der Waals surface area contributed by atoms with Crippen molar-refractivity contribution in [3.8, 4) is 0 Å². The highest BCUT2D eigenvalue weighted by Gasteiger charge is 2.44. The molecule has 42 heavy (non-hydrogen) atoms. The molecule has 2 aliphatic heterocycles. The summed E-state index contributed by atoms with van der Waals surface area (Å²) in [5.74, 6) is -3.19. The van der Waals surface area contributed by atoms with Crippen molar-refractivity contribution in [3.05, 3.63) is 35.9 Å². The Labute approximate surface area is 243 Å². The number of nitrogens with one attached hydrogen (secondary N) is 2. The van der Waals surface area contributed by atoms with Crippen molar-refractivity contribution >= 4 is 35.8 Å². The first kappa shape index (κ1) is 32.3. The molecule has 230 valence electrons. The average Bonchev–Trinajstić information content (AvgIpc) is 3.66. The molecule has 3 N–H and O–H groups in total. The van der Waals surface area contributed by atoms with E-state index in [1.54, 1.807) is 24.3 Å². The first-order valence-corrected chi connectivity index (χ1v) is 13.8. The second-order valence-electron chi connectivity index (χ2n) is 10.2.